The number of nitrogens with one attached hydrogen (secondary N) is 1. The van der Waals surface area contributed by atoms with Gasteiger partial charge in [-0.05, 0) is 90.7 Å². The fraction of sp³-hybridized carbons (Fsp3) is 0.706. The third-order valence-corrected chi connectivity index (χ3v) is 13.7. The molecule has 386 valence electrons. The van der Waals surface area contributed by atoms with Crippen LogP contribution in [0.3, 0.4) is 0 Å². The van der Waals surface area contributed by atoms with E-state index in [-0.39, 0.29) is 44.4 Å². The highest BCUT2D eigenvalue weighted by Crippen LogP contribution is 2.38. The second-order valence-electron chi connectivity index (χ2n) is 19.5. The number of aliphatic hydroxyl groups excluding tert-OH is 2. The molecule has 1 aromatic heterocycles. The number of fused-ring (bicyclic) bond motifs is 1. The molecule has 3 aliphatic heterocycles. The number of allylic oxidation sites excluding steroid dienone is 1. The normalized spacial score (nSPS) is 35.8. The number of hydrogen-bond acceptors (Lipinski definition) is 17. The summed E-state index contributed by atoms with van der Waals surface area (Å²) in [5, 5.41) is 39.5. The standard InChI is InChI=1S/C51H78N4O14/c1-11-41(59)66-39-27-40(58)53-35(17-15-16-33-20-23-52-37-19-14-13-18-36(33)37)21-24-55(9)29-38(57)30(3)26-34(22-25-56)47(48(39)63-10)69-50-45(61)44(54(7)8)46(31(4)65-50)68-43-28-51(6,62)49(32(5)64-43)67-42(60)12-2/h13-15,17-20,23,25,30-32,34-35,38-39,43-50,57,61-62H,11-12,16,21-22,24,26-29H2,1-10H3,(H,53,58)/b17-15+/t30-,31?,32?,34+,35?,38+,39-,43+,44?,45?,46+,47+,48+,49+,50+,51?/m1/s1. The van der Waals surface area contributed by atoms with Crippen LogP contribution < -0.4 is 5.32 Å². The Morgan fingerprint density at radius 3 is 2.38 bits per heavy atom. The Bertz CT molecular complexity index is 2000. The van der Waals surface area contributed by atoms with Crippen molar-refractivity contribution in [3.05, 3.63) is 54.2 Å². The third-order valence-electron chi connectivity index (χ3n) is 13.7. The predicted molar refractivity (Wildman–Crippen MR) is 255 cm³/mol. The molecule has 2 aromatic rings. The molecule has 4 heterocycles. The molecule has 4 N–H and O–H groups in total. The molecule has 18 nitrogen and oxygen atoms in total. The van der Waals surface area contributed by atoms with E-state index in [1.807, 2.05) is 61.4 Å². The number of aldehydes is 1. The number of para-hydroxylation sites is 1. The first-order valence-electron chi connectivity index (χ1n) is 24.5. The topological polar surface area (TPSA) is 225 Å². The Hall–Kier alpha value is -3.95. The van der Waals surface area contributed by atoms with Gasteiger partial charge in [0.15, 0.2) is 18.7 Å². The molecule has 3 aliphatic rings. The van der Waals surface area contributed by atoms with Gasteiger partial charge in [-0.3, -0.25) is 19.4 Å². The predicted octanol–water partition coefficient (Wildman–Crippen LogP) is 3.49. The summed E-state index contributed by atoms with van der Waals surface area (Å²) in [6, 6.07) is 8.65. The van der Waals surface area contributed by atoms with E-state index in [4.69, 9.17) is 33.2 Å². The van der Waals surface area contributed by atoms with Crippen molar-refractivity contribution in [3.63, 3.8) is 0 Å². The number of carbonyl (C=O) groups excluding carboxylic acids is 4. The molecule has 16 atom stereocenters. The second kappa shape index (κ2) is 26.0. The fourth-order valence-electron chi connectivity index (χ4n) is 9.94. The van der Waals surface area contributed by atoms with E-state index >= 15 is 0 Å². The summed E-state index contributed by atoms with van der Waals surface area (Å²) >= 11 is 0. The van der Waals surface area contributed by atoms with Crippen LogP contribution in [0.2, 0.25) is 0 Å². The minimum absolute atomic E-state index is 0.000211. The molecular formula is C51H78N4O14. The quantitative estimate of drug-likeness (QED) is 0.114. The number of rotatable bonds is 15. The Labute approximate surface area is 407 Å². The molecule has 5 rings (SSSR count). The summed E-state index contributed by atoms with van der Waals surface area (Å²) < 4.78 is 43.7. The number of benzene rings is 1. The summed E-state index contributed by atoms with van der Waals surface area (Å²) in [7, 11) is 6.83. The van der Waals surface area contributed by atoms with Crippen molar-refractivity contribution < 1.29 is 67.7 Å². The first kappa shape index (κ1) is 56.0. The lowest BCUT2D eigenvalue weighted by molar-refractivity contribution is -0.344. The molecule has 0 radical (unpaired) electrons. The zero-order chi connectivity index (χ0) is 50.6. The van der Waals surface area contributed by atoms with Gasteiger partial charge in [0.25, 0.3) is 0 Å². The number of ether oxygens (including phenoxy) is 7. The van der Waals surface area contributed by atoms with Crippen molar-refractivity contribution in [1.82, 2.24) is 20.1 Å². The highest BCUT2D eigenvalue weighted by atomic mass is 16.7. The van der Waals surface area contributed by atoms with E-state index in [0.717, 1.165) is 22.8 Å². The number of methoxy groups -OCH3 is 1. The molecule has 1 aromatic carbocycles. The van der Waals surface area contributed by atoms with Crippen LogP contribution in [0.1, 0.15) is 92.1 Å². The molecular weight excluding hydrogens is 893 g/mol. The molecule has 3 saturated heterocycles. The SMILES string of the molecule is CCC(=O)O[C@@H]1CC(=O)NC(/C=C/Cc2ccnc3ccccc23)CCN(C)C[C@H](O)[C@H](C)C[C@H](CC=O)[C@H](O[C@@H]2OC(C)[C@H](O[C@H]3CC(C)(O)[C@@H](OC(=O)CC)C(C)O3)C(N(C)C)C2O)[C@H]1OC. The van der Waals surface area contributed by atoms with Crippen molar-refractivity contribution in [2.75, 3.05) is 41.3 Å². The van der Waals surface area contributed by atoms with Crippen molar-refractivity contribution in [3.8, 4) is 0 Å². The van der Waals surface area contributed by atoms with Crippen molar-refractivity contribution in [2.24, 2.45) is 11.8 Å². The van der Waals surface area contributed by atoms with E-state index in [0.29, 0.717) is 25.9 Å². The second-order valence-corrected chi connectivity index (χ2v) is 19.5. The maximum atomic E-state index is 14.2. The summed E-state index contributed by atoms with van der Waals surface area (Å²) in [5.41, 5.74) is 0.464. The van der Waals surface area contributed by atoms with Gasteiger partial charge in [-0.25, -0.2) is 0 Å². The molecule has 0 bridgehead atoms. The van der Waals surface area contributed by atoms with Crippen LogP contribution in [0.25, 0.3) is 10.9 Å². The molecule has 0 saturated carbocycles. The Morgan fingerprint density at radius 1 is 1.00 bits per heavy atom. The average molecular weight is 971 g/mol. The summed E-state index contributed by atoms with van der Waals surface area (Å²) in [4.78, 5) is 60.4. The maximum Gasteiger partial charge on any atom is 0.305 e. The van der Waals surface area contributed by atoms with Crippen molar-refractivity contribution in [1.29, 1.82) is 0 Å². The summed E-state index contributed by atoms with van der Waals surface area (Å²) in [6.07, 6.45) is -3.84. The van der Waals surface area contributed by atoms with Gasteiger partial charge in [-0.2, -0.15) is 0 Å². The average Bonchev–Trinajstić information content (AvgIpc) is 3.29. The van der Waals surface area contributed by atoms with E-state index in [2.05, 4.69) is 10.3 Å². The van der Waals surface area contributed by atoms with E-state index in [9.17, 15) is 34.5 Å². The Kier molecular flexibility index (Phi) is 21.1. The minimum Gasteiger partial charge on any atom is -0.459 e. The van der Waals surface area contributed by atoms with Gasteiger partial charge in [0.05, 0.1) is 42.4 Å². The Balaban J connectivity index is 1.45. The molecule has 1 amide bonds. The first-order chi connectivity index (χ1) is 32.8. The summed E-state index contributed by atoms with van der Waals surface area (Å²) in [5.74, 6) is -2.55. The third kappa shape index (κ3) is 15.0. The number of aromatic nitrogens is 1. The number of esters is 2. The lowest BCUT2D eigenvalue weighted by Gasteiger charge is -2.50. The highest BCUT2D eigenvalue weighted by Gasteiger charge is 2.53. The Morgan fingerprint density at radius 2 is 1.71 bits per heavy atom. The van der Waals surface area contributed by atoms with E-state index in [1.54, 1.807) is 59.8 Å². The van der Waals surface area contributed by atoms with Gasteiger partial charge in [0, 0.05) is 63.5 Å². The maximum absolute atomic E-state index is 14.2. The smallest absolute Gasteiger partial charge is 0.305 e. The monoisotopic (exact) mass is 971 g/mol. The summed E-state index contributed by atoms with van der Waals surface area (Å²) in [6.45, 7) is 11.0. The van der Waals surface area contributed by atoms with Crippen LogP contribution in [0.5, 0.6) is 0 Å². The van der Waals surface area contributed by atoms with Gasteiger partial charge < -0.3 is 68.4 Å². The lowest BCUT2D eigenvalue weighted by atomic mass is 9.82. The molecule has 18 heteroatoms. The largest absolute Gasteiger partial charge is 0.459 e. The number of likely N-dealkylation sites (N-methyl/N-ethyl adjacent to an activating group) is 2. The van der Waals surface area contributed by atoms with Gasteiger partial charge in [-0.15, -0.1) is 0 Å². The highest BCUT2D eigenvalue weighted by molar-refractivity contribution is 5.82. The first-order valence-corrected chi connectivity index (χ1v) is 24.5. The van der Waals surface area contributed by atoms with Gasteiger partial charge >= 0.3 is 11.9 Å². The van der Waals surface area contributed by atoms with Gasteiger partial charge in [0.2, 0.25) is 5.91 Å². The number of nitrogens with zero attached hydrogens (tertiary/aromatic N) is 3. The lowest BCUT2D eigenvalue weighted by Crippen LogP contribution is -2.66. The van der Waals surface area contributed by atoms with Crippen molar-refractivity contribution >= 4 is 35.0 Å². The molecule has 0 aliphatic carbocycles. The zero-order valence-corrected chi connectivity index (χ0v) is 42.1. The van der Waals surface area contributed by atoms with Crippen LogP contribution in [-0.4, -0.2) is 181 Å². The van der Waals surface area contributed by atoms with Crippen molar-refractivity contribution in [2.45, 2.75) is 178 Å². The fourth-order valence-corrected chi connectivity index (χ4v) is 9.94. The zero-order valence-electron chi connectivity index (χ0n) is 42.1. The van der Waals surface area contributed by atoms with Crippen LogP contribution in [0, 0.1) is 11.8 Å². The van der Waals surface area contributed by atoms with Crippen LogP contribution in [-0.2, 0) is 58.8 Å². The van der Waals surface area contributed by atoms with E-state index < -0.39 is 109 Å². The van der Waals surface area contributed by atoms with E-state index in [1.165, 1.54) is 7.11 Å². The number of aliphatic hydroxyl groups is 3. The molecule has 6 unspecified atom stereocenters. The van der Waals surface area contributed by atoms with Crippen LogP contribution in [0.4, 0.5) is 0 Å². The number of pyridine rings is 1. The minimum atomic E-state index is -1.50. The number of amides is 1. The molecule has 69 heavy (non-hydrogen) atoms. The number of hydrogen-bond donors (Lipinski definition) is 4. The molecule has 0 spiro atoms. The van der Waals surface area contributed by atoms with Crippen LogP contribution >= 0.6 is 0 Å². The molecule has 3 fully saturated rings. The van der Waals surface area contributed by atoms with Gasteiger partial charge in [-0.1, -0.05) is 51.1 Å². The number of carbonyl (C=O) groups is 4. The van der Waals surface area contributed by atoms with Gasteiger partial charge in [0.1, 0.15) is 36.3 Å². The van der Waals surface area contributed by atoms with Crippen LogP contribution in [0.15, 0.2) is 48.7 Å². The number of β-amino-alcohol motifs (C(OH)–C–C–N with tert-alkyl or cyclic N) is 1.